The van der Waals surface area contributed by atoms with Crippen molar-refractivity contribution in [3.05, 3.63) is 17.5 Å². The fraction of sp³-hybridized carbons (Fsp3) is 0.786. The Balaban J connectivity index is 0. The van der Waals surface area contributed by atoms with Crippen molar-refractivity contribution in [3.8, 4) is 0 Å². The number of halogens is 4. The van der Waals surface area contributed by atoms with Crippen LogP contribution in [0.2, 0.25) is 0 Å². The highest BCUT2D eigenvalue weighted by Crippen LogP contribution is 2.09. The fourth-order valence-electron chi connectivity index (χ4n) is 2.16. The van der Waals surface area contributed by atoms with Crippen molar-refractivity contribution in [1.82, 2.24) is 20.0 Å². The summed E-state index contributed by atoms with van der Waals surface area (Å²) in [7, 11) is 0. The standard InChI is InChI=1S/C14H26F2N4.2ClH/c1-4-19(5-2)8-6-7-17-9-13-10-18-20(12(13)3)11-14(15)16;;/h10,14,17H,4-9,11H2,1-3H3;2*1H. The van der Waals surface area contributed by atoms with Crippen molar-refractivity contribution in [2.24, 2.45) is 0 Å². The van der Waals surface area contributed by atoms with Crippen molar-refractivity contribution < 1.29 is 8.78 Å². The molecule has 0 amide bonds. The van der Waals surface area contributed by atoms with Gasteiger partial charge >= 0.3 is 0 Å². The van der Waals surface area contributed by atoms with Gasteiger partial charge in [0.15, 0.2) is 0 Å². The average Bonchev–Trinajstić information content (AvgIpc) is 2.75. The molecule has 0 radical (unpaired) electrons. The molecule has 0 spiro atoms. The highest BCUT2D eigenvalue weighted by molar-refractivity contribution is 5.85. The van der Waals surface area contributed by atoms with E-state index in [4.69, 9.17) is 0 Å². The molecule has 0 aliphatic carbocycles. The molecule has 0 bridgehead atoms. The van der Waals surface area contributed by atoms with E-state index in [9.17, 15) is 8.78 Å². The second kappa shape index (κ2) is 13.0. The molecular weight excluding hydrogens is 333 g/mol. The predicted molar refractivity (Wildman–Crippen MR) is 91.6 cm³/mol. The normalized spacial score (nSPS) is 10.7. The number of hydrogen-bond acceptors (Lipinski definition) is 3. The predicted octanol–water partition coefficient (Wildman–Crippen LogP) is 3.12. The molecular formula is C14H28Cl2F2N4. The van der Waals surface area contributed by atoms with Crippen LogP contribution in [0.3, 0.4) is 0 Å². The van der Waals surface area contributed by atoms with Gasteiger partial charge in [-0.05, 0) is 39.5 Å². The Bertz CT molecular complexity index is 385. The summed E-state index contributed by atoms with van der Waals surface area (Å²) in [6.07, 6.45) is 0.407. The van der Waals surface area contributed by atoms with E-state index in [0.29, 0.717) is 6.54 Å². The zero-order valence-corrected chi connectivity index (χ0v) is 15.2. The number of alkyl halides is 2. The number of rotatable bonds is 10. The SMILES string of the molecule is CCN(CC)CCCNCc1cnn(CC(F)F)c1C.Cl.Cl. The molecule has 0 fully saturated rings. The van der Waals surface area contributed by atoms with Gasteiger partial charge in [0.2, 0.25) is 0 Å². The van der Waals surface area contributed by atoms with Crippen molar-refractivity contribution in [3.63, 3.8) is 0 Å². The minimum absolute atomic E-state index is 0. The van der Waals surface area contributed by atoms with Crippen molar-refractivity contribution in [2.45, 2.75) is 46.7 Å². The molecule has 0 aromatic carbocycles. The van der Waals surface area contributed by atoms with Gasteiger partial charge in [-0.3, -0.25) is 4.68 Å². The molecule has 8 heteroatoms. The summed E-state index contributed by atoms with van der Waals surface area (Å²) in [5.41, 5.74) is 1.81. The monoisotopic (exact) mass is 360 g/mol. The van der Waals surface area contributed by atoms with Crippen LogP contribution < -0.4 is 5.32 Å². The van der Waals surface area contributed by atoms with Crippen molar-refractivity contribution >= 4 is 24.8 Å². The second-order valence-corrected chi connectivity index (χ2v) is 4.89. The summed E-state index contributed by atoms with van der Waals surface area (Å²) in [4.78, 5) is 2.38. The van der Waals surface area contributed by atoms with Gasteiger partial charge in [0.25, 0.3) is 6.43 Å². The van der Waals surface area contributed by atoms with E-state index in [0.717, 1.165) is 43.9 Å². The summed E-state index contributed by atoms with van der Waals surface area (Å²) < 4.78 is 26.0. The molecule has 0 saturated heterocycles. The van der Waals surface area contributed by atoms with Gasteiger partial charge < -0.3 is 10.2 Å². The maximum atomic E-state index is 12.3. The molecule has 1 rings (SSSR count). The largest absolute Gasteiger partial charge is 0.312 e. The van der Waals surface area contributed by atoms with Gasteiger partial charge in [-0.2, -0.15) is 5.10 Å². The molecule has 132 valence electrons. The molecule has 0 aliphatic rings. The number of hydrogen-bond donors (Lipinski definition) is 1. The number of aromatic nitrogens is 2. The molecule has 0 atom stereocenters. The van der Waals surface area contributed by atoms with Gasteiger partial charge in [0.1, 0.15) is 6.54 Å². The lowest BCUT2D eigenvalue weighted by molar-refractivity contribution is 0.121. The summed E-state index contributed by atoms with van der Waals surface area (Å²) in [5.74, 6) is 0. The quantitative estimate of drug-likeness (QED) is 0.650. The van der Waals surface area contributed by atoms with Gasteiger partial charge in [-0.15, -0.1) is 24.8 Å². The number of nitrogens with zero attached hydrogens (tertiary/aromatic N) is 3. The zero-order chi connectivity index (χ0) is 15.0. The minimum atomic E-state index is -2.36. The summed E-state index contributed by atoms with van der Waals surface area (Å²) in [5, 5.41) is 7.34. The van der Waals surface area contributed by atoms with E-state index in [2.05, 4.69) is 29.2 Å². The highest BCUT2D eigenvalue weighted by atomic mass is 35.5. The maximum Gasteiger partial charge on any atom is 0.257 e. The zero-order valence-electron chi connectivity index (χ0n) is 13.5. The van der Waals surface area contributed by atoms with Crippen LogP contribution in [0.1, 0.15) is 31.5 Å². The first-order chi connectivity index (χ1) is 9.58. The first kappa shape index (κ1) is 23.8. The van der Waals surface area contributed by atoms with Gasteiger partial charge in [0.05, 0.1) is 6.20 Å². The molecule has 22 heavy (non-hydrogen) atoms. The van der Waals surface area contributed by atoms with Crippen LogP contribution in [0.4, 0.5) is 8.78 Å². The third kappa shape index (κ3) is 8.27. The van der Waals surface area contributed by atoms with Gasteiger partial charge in [-0.25, -0.2) is 8.78 Å². The first-order valence-electron chi connectivity index (χ1n) is 7.30. The Morgan fingerprint density at radius 1 is 1.27 bits per heavy atom. The van der Waals surface area contributed by atoms with Gasteiger partial charge in [0, 0.05) is 17.8 Å². The molecule has 0 unspecified atom stereocenters. The van der Waals surface area contributed by atoms with E-state index in [1.54, 1.807) is 6.20 Å². The van der Waals surface area contributed by atoms with E-state index in [-0.39, 0.29) is 31.4 Å². The molecule has 1 aromatic rings. The first-order valence-corrected chi connectivity index (χ1v) is 7.30. The minimum Gasteiger partial charge on any atom is -0.312 e. The highest BCUT2D eigenvalue weighted by Gasteiger charge is 2.10. The van der Waals surface area contributed by atoms with Crippen LogP contribution >= 0.6 is 24.8 Å². The topological polar surface area (TPSA) is 33.1 Å². The Morgan fingerprint density at radius 3 is 2.45 bits per heavy atom. The maximum absolute atomic E-state index is 12.3. The van der Waals surface area contributed by atoms with Gasteiger partial charge in [-0.1, -0.05) is 13.8 Å². The summed E-state index contributed by atoms with van der Waals surface area (Å²) >= 11 is 0. The lowest BCUT2D eigenvalue weighted by atomic mass is 10.2. The van der Waals surface area contributed by atoms with Crippen LogP contribution in [0.15, 0.2) is 6.20 Å². The third-order valence-corrected chi connectivity index (χ3v) is 3.55. The van der Waals surface area contributed by atoms with E-state index in [1.807, 2.05) is 6.92 Å². The Hall–Kier alpha value is -0.430. The van der Waals surface area contributed by atoms with Crippen molar-refractivity contribution in [2.75, 3.05) is 26.2 Å². The lowest BCUT2D eigenvalue weighted by Gasteiger charge is -2.17. The van der Waals surface area contributed by atoms with Crippen molar-refractivity contribution in [1.29, 1.82) is 0 Å². The lowest BCUT2D eigenvalue weighted by Crippen LogP contribution is -2.27. The third-order valence-electron chi connectivity index (χ3n) is 3.55. The Morgan fingerprint density at radius 2 is 1.91 bits per heavy atom. The molecule has 0 saturated carbocycles. The van der Waals surface area contributed by atoms with E-state index < -0.39 is 6.43 Å². The number of nitrogens with one attached hydrogen (secondary N) is 1. The van der Waals surface area contributed by atoms with Crippen LogP contribution in [0, 0.1) is 6.92 Å². The average molecular weight is 361 g/mol. The summed E-state index contributed by atoms with van der Waals surface area (Å²) in [6, 6.07) is 0. The smallest absolute Gasteiger partial charge is 0.257 e. The molecule has 1 N–H and O–H groups in total. The Kier molecular flexibility index (Phi) is 14.1. The van der Waals surface area contributed by atoms with E-state index in [1.165, 1.54) is 4.68 Å². The summed E-state index contributed by atoms with van der Waals surface area (Å²) in [6.45, 7) is 10.7. The van der Waals surface area contributed by atoms with Crippen LogP contribution in [0.5, 0.6) is 0 Å². The van der Waals surface area contributed by atoms with Crippen LogP contribution in [0.25, 0.3) is 0 Å². The Labute approximate surface area is 144 Å². The fourth-order valence-corrected chi connectivity index (χ4v) is 2.16. The molecule has 4 nitrogen and oxygen atoms in total. The molecule has 0 aliphatic heterocycles. The van der Waals surface area contributed by atoms with E-state index >= 15 is 0 Å². The second-order valence-electron chi connectivity index (χ2n) is 4.89. The van der Waals surface area contributed by atoms with Crippen LogP contribution in [-0.2, 0) is 13.1 Å². The molecule has 1 heterocycles. The van der Waals surface area contributed by atoms with Crippen LogP contribution in [-0.4, -0.2) is 47.3 Å². The molecule has 1 aromatic heterocycles.